The highest BCUT2D eigenvalue weighted by atomic mass is 79.9. The summed E-state index contributed by atoms with van der Waals surface area (Å²) in [6.45, 7) is 0. The lowest BCUT2D eigenvalue weighted by atomic mass is 10.3. The van der Waals surface area contributed by atoms with E-state index >= 15 is 0 Å². The molecule has 0 N–H and O–H groups in total. The maximum atomic E-state index is 11.4. The molecule has 0 bridgehead atoms. The lowest BCUT2D eigenvalue weighted by Crippen LogP contribution is -2.06. The number of carbonyl (C=O) groups is 1. The average Bonchev–Trinajstić information content (AvgIpc) is 2.59. The van der Waals surface area contributed by atoms with Gasteiger partial charge in [-0.2, -0.15) is 5.10 Å². The zero-order valence-corrected chi connectivity index (χ0v) is 9.29. The van der Waals surface area contributed by atoms with Gasteiger partial charge in [0.25, 0.3) is 0 Å². The second-order valence-electron chi connectivity index (χ2n) is 2.63. The number of hydrogen-bond acceptors (Lipinski definition) is 3. The van der Waals surface area contributed by atoms with Crippen LogP contribution in [0.25, 0.3) is 5.65 Å². The van der Waals surface area contributed by atoms with Crippen LogP contribution in [0.1, 0.15) is 10.5 Å². The summed E-state index contributed by atoms with van der Waals surface area (Å²) >= 11 is 8.80. The third-order valence-electron chi connectivity index (χ3n) is 1.74. The Hall–Kier alpha value is -0.940. The summed E-state index contributed by atoms with van der Waals surface area (Å²) < 4.78 is 1.44. The molecule has 0 aliphatic heterocycles. The van der Waals surface area contributed by atoms with Gasteiger partial charge in [0.05, 0.1) is 11.5 Å². The highest BCUT2D eigenvalue weighted by Crippen LogP contribution is 2.10. The van der Waals surface area contributed by atoms with Crippen molar-refractivity contribution in [2.45, 2.75) is 0 Å². The van der Waals surface area contributed by atoms with E-state index < -0.39 is 0 Å². The van der Waals surface area contributed by atoms with Gasteiger partial charge in [-0.05, 0) is 12.1 Å². The first-order chi connectivity index (χ1) is 6.72. The maximum absolute atomic E-state index is 11.4. The average molecular weight is 275 g/mol. The normalized spacial score (nSPS) is 10.7. The molecular formula is C8H5BrClN3O. The predicted molar refractivity (Wildman–Crippen MR) is 56.1 cm³/mol. The highest BCUT2D eigenvalue weighted by molar-refractivity contribution is 9.09. The van der Waals surface area contributed by atoms with Gasteiger partial charge in [-0.15, -0.1) is 0 Å². The first-order valence-corrected chi connectivity index (χ1v) is 5.32. The summed E-state index contributed by atoms with van der Waals surface area (Å²) in [6.07, 6.45) is 1.49. The molecule has 0 radical (unpaired) electrons. The quantitative estimate of drug-likeness (QED) is 0.621. The van der Waals surface area contributed by atoms with Gasteiger partial charge in [0, 0.05) is 0 Å². The number of alkyl halides is 1. The van der Waals surface area contributed by atoms with E-state index in [9.17, 15) is 4.79 Å². The Bertz CT molecular complexity index is 496. The van der Waals surface area contributed by atoms with Gasteiger partial charge in [-0.25, -0.2) is 9.50 Å². The molecule has 2 rings (SSSR count). The van der Waals surface area contributed by atoms with Gasteiger partial charge in [0.15, 0.2) is 11.4 Å². The fraction of sp³-hybridized carbons (Fsp3) is 0.125. The van der Waals surface area contributed by atoms with Crippen LogP contribution < -0.4 is 0 Å². The van der Waals surface area contributed by atoms with Gasteiger partial charge in [-0.3, -0.25) is 4.79 Å². The fourth-order valence-electron chi connectivity index (χ4n) is 1.11. The molecule has 2 heterocycles. The molecule has 0 fully saturated rings. The van der Waals surface area contributed by atoms with Crippen LogP contribution in [0.15, 0.2) is 18.3 Å². The maximum Gasteiger partial charge on any atom is 0.193 e. The van der Waals surface area contributed by atoms with E-state index in [-0.39, 0.29) is 11.1 Å². The van der Waals surface area contributed by atoms with Crippen molar-refractivity contribution in [2.75, 3.05) is 5.33 Å². The largest absolute Gasteiger partial charge is 0.291 e. The van der Waals surface area contributed by atoms with Crippen LogP contribution in [-0.4, -0.2) is 25.7 Å². The van der Waals surface area contributed by atoms with Gasteiger partial charge in [-0.1, -0.05) is 27.5 Å². The van der Waals surface area contributed by atoms with Crippen LogP contribution in [0.3, 0.4) is 0 Å². The van der Waals surface area contributed by atoms with Crippen LogP contribution in [-0.2, 0) is 0 Å². The van der Waals surface area contributed by atoms with Crippen LogP contribution in [0.5, 0.6) is 0 Å². The van der Waals surface area contributed by atoms with Crippen molar-refractivity contribution < 1.29 is 4.79 Å². The van der Waals surface area contributed by atoms with Crippen molar-refractivity contribution in [3.8, 4) is 0 Å². The van der Waals surface area contributed by atoms with Crippen molar-refractivity contribution >= 4 is 39.0 Å². The molecule has 0 saturated heterocycles. The van der Waals surface area contributed by atoms with Crippen LogP contribution in [0.2, 0.25) is 5.15 Å². The Kier molecular flexibility index (Phi) is 2.52. The molecule has 0 aliphatic rings. The third-order valence-corrected chi connectivity index (χ3v) is 2.45. The second-order valence-corrected chi connectivity index (χ2v) is 3.57. The minimum absolute atomic E-state index is 0.0766. The Labute approximate surface area is 93.0 Å². The summed E-state index contributed by atoms with van der Waals surface area (Å²) in [6, 6.07) is 3.34. The minimum atomic E-state index is -0.0766. The molecule has 0 spiro atoms. The molecule has 6 heteroatoms. The molecule has 72 valence electrons. The highest BCUT2D eigenvalue weighted by Gasteiger charge is 2.11. The third kappa shape index (κ3) is 1.53. The van der Waals surface area contributed by atoms with E-state index in [1.807, 2.05) is 0 Å². The molecule has 0 atom stereocenters. The summed E-state index contributed by atoms with van der Waals surface area (Å²) in [5.41, 5.74) is 1.04. The van der Waals surface area contributed by atoms with Crippen LogP contribution in [0, 0.1) is 0 Å². The molecule has 0 unspecified atom stereocenters. The number of halogens is 2. The predicted octanol–water partition coefficient (Wildman–Crippen LogP) is 1.96. The number of nitrogens with zero attached hydrogens (tertiary/aromatic N) is 3. The summed E-state index contributed by atoms with van der Waals surface area (Å²) in [5.74, 6) is -0.0766. The Morgan fingerprint density at radius 3 is 3.07 bits per heavy atom. The van der Waals surface area contributed by atoms with Gasteiger partial charge in [0.2, 0.25) is 0 Å². The van der Waals surface area contributed by atoms with E-state index in [0.29, 0.717) is 16.5 Å². The SMILES string of the molecule is O=C(CBr)c1cnc2ccc(Cl)nn12. The molecular weight excluding hydrogens is 269 g/mol. The van der Waals surface area contributed by atoms with Crippen molar-refractivity contribution in [3.63, 3.8) is 0 Å². The summed E-state index contributed by atoms with van der Waals surface area (Å²) in [7, 11) is 0. The number of imidazole rings is 1. The van der Waals surface area contributed by atoms with Crippen molar-refractivity contribution in [1.82, 2.24) is 14.6 Å². The molecule has 0 amide bonds. The van der Waals surface area contributed by atoms with E-state index in [0.717, 1.165) is 0 Å². The second kappa shape index (κ2) is 3.67. The monoisotopic (exact) mass is 273 g/mol. The first kappa shape index (κ1) is 9.61. The van der Waals surface area contributed by atoms with E-state index in [1.165, 1.54) is 10.7 Å². The molecule has 0 saturated carbocycles. The van der Waals surface area contributed by atoms with Crippen molar-refractivity contribution in [3.05, 3.63) is 29.2 Å². The Morgan fingerprint density at radius 2 is 2.36 bits per heavy atom. The van der Waals surface area contributed by atoms with Crippen molar-refractivity contribution in [2.24, 2.45) is 0 Å². The van der Waals surface area contributed by atoms with E-state index in [1.54, 1.807) is 12.1 Å². The molecule has 0 aliphatic carbocycles. The molecule has 14 heavy (non-hydrogen) atoms. The van der Waals surface area contributed by atoms with Gasteiger partial charge >= 0.3 is 0 Å². The summed E-state index contributed by atoms with van der Waals surface area (Å²) in [4.78, 5) is 15.4. The number of fused-ring (bicyclic) bond motifs is 1. The number of carbonyl (C=O) groups excluding carboxylic acids is 1. The van der Waals surface area contributed by atoms with E-state index in [2.05, 4.69) is 26.0 Å². The zero-order valence-electron chi connectivity index (χ0n) is 6.94. The number of Topliss-reactive ketones (excluding diaryl/α,β-unsaturated/α-hetero) is 1. The van der Waals surface area contributed by atoms with Gasteiger partial charge in [0.1, 0.15) is 10.8 Å². The first-order valence-electron chi connectivity index (χ1n) is 3.82. The van der Waals surface area contributed by atoms with Crippen molar-refractivity contribution in [1.29, 1.82) is 0 Å². The molecule has 4 nitrogen and oxygen atoms in total. The number of aromatic nitrogens is 3. The number of hydrogen-bond donors (Lipinski definition) is 0. The summed E-state index contributed by atoms with van der Waals surface area (Å²) in [5, 5.41) is 4.56. The smallest absolute Gasteiger partial charge is 0.193 e. The van der Waals surface area contributed by atoms with E-state index in [4.69, 9.17) is 11.6 Å². The van der Waals surface area contributed by atoms with Gasteiger partial charge < -0.3 is 0 Å². The Balaban J connectivity index is 2.67. The minimum Gasteiger partial charge on any atom is -0.291 e. The van der Waals surface area contributed by atoms with Crippen LogP contribution in [0.4, 0.5) is 0 Å². The molecule has 2 aromatic heterocycles. The zero-order chi connectivity index (χ0) is 10.1. The van der Waals surface area contributed by atoms with Crippen LogP contribution >= 0.6 is 27.5 Å². The molecule has 0 aromatic carbocycles. The topological polar surface area (TPSA) is 47.3 Å². The lowest BCUT2D eigenvalue weighted by molar-refractivity contribution is 0.101. The molecule has 2 aromatic rings. The standard InChI is InChI=1S/C8H5BrClN3O/c9-3-6(14)5-4-11-8-2-1-7(10)12-13(5)8/h1-2,4H,3H2. The fourth-order valence-corrected chi connectivity index (χ4v) is 1.54. The number of rotatable bonds is 2. The lowest BCUT2D eigenvalue weighted by Gasteiger charge is -1.97. The Morgan fingerprint density at radius 1 is 1.57 bits per heavy atom. The number of ketones is 1.